The lowest BCUT2D eigenvalue weighted by Crippen LogP contribution is -2.42. The summed E-state index contributed by atoms with van der Waals surface area (Å²) in [6, 6.07) is -0.611. The van der Waals surface area contributed by atoms with E-state index < -0.39 is 39.6 Å². The van der Waals surface area contributed by atoms with Gasteiger partial charge in [-0.3, -0.25) is 4.79 Å². The van der Waals surface area contributed by atoms with E-state index >= 15 is 0 Å². The van der Waals surface area contributed by atoms with Crippen LogP contribution in [0.15, 0.2) is 0 Å². The van der Waals surface area contributed by atoms with E-state index in [4.69, 9.17) is 0 Å². The van der Waals surface area contributed by atoms with Gasteiger partial charge in [0.1, 0.15) is 15.7 Å². The Bertz CT molecular complexity index is 778. The molecule has 0 spiro atoms. The highest BCUT2D eigenvalue weighted by Gasteiger charge is 2.40. The molecule has 0 fully saturated rings. The van der Waals surface area contributed by atoms with Gasteiger partial charge in [0.05, 0.1) is 5.75 Å². The molecular formula is C15H20F3N3O3S. The molecule has 0 saturated heterocycles. The Kier molecular flexibility index (Phi) is 5.41. The van der Waals surface area contributed by atoms with Gasteiger partial charge in [-0.15, -0.1) is 0 Å². The Morgan fingerprint density at radius 3 is 2.56 bits per heavy atom. The Morgan fingerprint density at radius 1 is 1.36 bits per heavy atom. The fourth-order valence-electron chi connectivity index (χ4n) is 3.05. The number of hydrogen-bond donors (Lipinski definition) is 1. The number of rotatable bonds is 4. The standard InChI is InChI=1S/C15H20F3N3O3S/c1-8(7-25(3,23)24)19-14(22)10-4-5-12-11(6-10)13(15(16,17)18)21-9(2)20-12/h8,10H,4-7H2,1-3H3,(H,19,22)/t8-,10+/m1/s1. The number of aromatic nitrogens is 2. The highest BCUT2D eigenvalue weighted by molar-refractivity contribution is 7.90. The molecular weight excluding hydrogens is 359 g/mol. The van der Waals surface area contributed by atoms with Crippen LogP contribution in [-0.4, -0.2) is 42.3 Å². The van der Waals surface area contributed by atoms with Crippen LogP contribution in [0.4, 0.5) is 13.2 Å². The lowest BCUT2D eigenvalue weighted by molar-refractivity contribution is -0.142. The summed E-state index contributed by atoms with van der Waals surface area (Å²) in [7, 11) is -3.26. The molecule has 0 radical (unpaired) electrons. The number of alkyl halides is 3. The van der Waals surface area contributed by atoms with Gasteiger partial charge in [-0.25, -0.2) is 18.4 Å². The van der Waals surface area contributed by atoms with E-state index in [1.165, 1.54) is 6.92 Å². The van der Waals surface area contributed by atoms with Gasteiger partial charge in [0.2, 0.25) is 5.91 Å². The maximum Gasteiger partial charge on any atom is 0.433 e. The van der Waals surface area contributed by atoms with E-state index in [0.29, 0.717) is 12.1 Å². The Morgan fingerprint density at radius 2 is 2.00 bits per heavy atom. The number of nitrogens with one attached hydrogen (secondary N) is 1. The number of carbonyl (C=O) groups is 1. The van der Waals surface area contributed by atoms with Crippen LogP contribution in [0.5, 0.6) is 0 Å². The van der Waals surface area contributed by atoms with Crippen LogP contribution in [-0.2, 0) is 33.6 Å². The maximum atomic E-state index is 13.2. The van der Waals surface area contributed by atoms with Gasteiger partial charge < -0.3 is 5.32 Å². The molecule has 0 bridgehead atoms. The van der Waals surface area contributed by atoms with Crippen molar-refractivity contribution < 1.29 is 26.4 Å². The molecule has 1 aliphatic rings. The number of nitrogens with zero attached hydrogens (tertiary/aromatic N) is 2. The number of hydrogen-bond acceptors (Lipinski definition) is 5. The zero-order valence-electron chi connectivity index (χ0n) is 14.1. The molecule has 10 heteroatoms. The fraction of sp³-hybridized carbons (Fsp3) is 0.667. The number of fused-ring (bicyclic) bond motifs is 1. The monoisotopic (exact) mass is 379 g/mol. The van der Waals surface area contributed by atoms with Crippen molar-refractivity contribution in [3.05, 3.63) is 22.8 Å². The molecule has 0 saturated carbocycles. The highest BCUT2D eigenvalue weighted by Crippen LogP contribution is 2.36. The molecule has 6 nitrogen and oxygen atoms in total. The third kappa shape index (κ3) is 5.13. The Balaban J connectivity index is 2.19. The van der Waals surface area contributed by atoms with Crippen molar-refractivity contribution in [2.24, 2.45) is 5.92 Å². The van der Waals surface area contributed by atoms with Gasteiger partial charge in [-0.1, -0.05) is 0 Å². The van der Waals surface area contributed by atoms with Crippen LogP contribution in [0, 0.1) is 12.8 Å². The minimum Gasteiger partial charge on any atom is -0.352 e. The third-order valence-electron chi connectivity index (χ3n) is 3.97. The number of halogens is 3. The smallest absolute Gasteiger partial charge is 0.352 e. The van der Waals surface area contributed by atoms with Crippen LogP contribution >= 0.6 is 0 Å². The number of amides is 1. The predicted octanol–water partition coefficient (Wildman–Crippen LogP) is 1.46. The summed E-state index contributed by atoms with van der Waals surface area (Å²) < 4.78 is 62.2. The van der Waals surface area contributed by atoms with E-state index in [0.717, 1.165) is 6.26 Å². The SMILES string of the molecule is Cc1nc2c(c(C(F)(F)F)n1)C[C@@H](C(=O)N[C@H](C)CS(C)(=O)=O)CC2. The van der Waals surface area contributed by atoms with Crippen LogP contribution in [0.1, 0.15) is 36.1 Å². The molecule has 2 rings (SSSR count). The van der Waals surface area contributed by atoms with Gasteiger partial charge in [0, 0.05) is 29.5 Å². The van der Waals surface area contributed by atoms with Gasteiger partial charge in [-0.05, 0) is 33.1 Å². The number of aryl methyl sites for hydroxylation is 2. The second-order valence-electron chi connectivity index (χ2n) is 6.48. The van der Waals surface area contributed by atoms with E-state index in [1.54, 1.807) is 6.92 Å². The molecule has 2 atom stereocenters. The summed E-state index contributed by atoms with van der Waals surface area (Å²) >= 11 is 0. The molecule has 1 heterocycles. The minimum atomic E-state index is -4.61. The van der Waals surface area contributed by atoms with Crippen LogP contribution in [0.3, 0.4) is 0 Å². The minimum absolute atomic E-state index is 0.0414. The molecule has 1 aliphatic carbocycles. The number of carbonyl (C=O) groups excluding carboxylic acids is 1. The van der Waals surface area contributed by atoms with Crippen molar-refractivity contribution in [1.82, 2.24) is 15.3 Å². The van der Waals surface area contributed by atoms with Crippen molar-refractivity contribution in [2.45, 2.75) is 45.3 Å². The van der Waals surface area contributed by atoms with Crippen LogP contribution in [0.25, 0.3) is 0 Å². The van der Waals surface area contributed by atoms with Crippen molar-refractivity contribution in [1.29, 1.82) is 0 Å². The first-order chi connectivity index (χ1) is 11.4. The first kappa shape index (κ1) is 19.6. The van der Waals surface area contributed by atoms with E-state index in [9.17, 15) is 26.4 Å². The zero-order valence-corrected chi connectivity index (χ0v) is 15.0. The van der Waals surface area contributed by atoms with E-state index in [1.807, 2.05) is 0 Å². The molecule has 0 aliphatic heterocycles. The van der Waals surface area contributed by atoms with Crippen molar-refractivity contribution in [3.8, 4) is 0 Å². The molecule has 140 valence electrons. The number of sulfone groups is 1. The van der Waals surface area contributed by atoms with Gasteiger partial charge in [-0.2, -0.15) is 13.2 Å². The van der Waals surface area contributed by atoms with Gasteiger partial charge in [0.25, 0.3) is 0 Å². The molecule has 0 unspecified atom stereocenters. The summed E-state index contributed by atoms with van der Waals surface area (Å²) in [4.78, 5) is 19.9. The lowest BCUT2D eigenvalue weighted by atomic mass is 9.84. The normalized spacial score (nSPS) is 19.2. The van der Waals surface area contributed by atoms with Crippen LogP contribution in [0.2, 0.25) is 0 Å². The third-order valence-corrected chi connectivity index (χ3v) is 5.07. The Labute approximate surface area is 144 Å². The van der Waals surface area contributed by atoms with Gasteiger partial charge >= 0.3 is 6.18 Å². The highest BCUT2D eigenvalue weighted by atomic mass is 32.2. The molecule has 1 aromatic rings. The molecule has 1 amide bonds. The van der Waals surface area contributed by atoms with E-state index in [2.05, 4.69) is 15.3 Å². The van der Waals surface area contributed by atoms with E-state index in [-0.39, 0.29) is 30.0 Å². The van der Waals surface area contributed by atoms with Crippen LogP contribution < -0.4 is 5.32 Å². The van der Waals surface area contributed by atoms with Crippen molar-refractivity contribution >= 4 is 15.7 Å². The molecule has 1 N–H and O–H groups in total. The van der Waals surface area contributed by atoms with Gasteiger partial charge in [0.15, 0.2) is 5.69 Å². The maximum absolute atomic E-state index is 13.2. The lowest BCUT2D eigenvalue weighted by Gasteiger charge is -2.26. The fourth-order valence-corrected chi connectivity index (χ4v) is 4.04. The quantitative estimate of drug-likeness (QED) is 0.856. The molecule has 1 aromatic heterocycles. The first-order valence-electron chi connectivity index (χ1n) is 7.78. The summed E-state index contributed by atoms with van der Waals surface area (Å²) in [5.74, 6) is -1.29. The molecule has 0 aromatic carbocycles. The molecule has 25 heavy (non-hydrogen) atoms. The largest absolute Gasteiger partial charge is 0.433 e. The summed E-state index contributed by atoms with van der Waals surface area (Å²) in [5, 5.41) is 2.57. The second kappa shape index (κ2) is 6.89. The average molecular weight is 379 g/mol. The predicted molar refractivity (Wildman–Crippen MR) is 84.6 cm³/mol. The summed E-state index contributed by atoms with van der Waals surface area (Å²) in [6.45, 7) is 2.95. The zero-order chi connectivity index (χ0) is 19.0. The topological polar surface area (TPSA) is 89.0 Å². The second-order valence-corrected chi connectivity index (χ2v) is 8.67. The van der Waals surface area contributed by atoms with Crippen molar-refractivity contribution in [3.63, 3.8) is 0 Å². The first-order valence-corrected chi connectivity index (χ1v) is 9.84. The average Bonchev–Trinajstić information content (AvgIpc) is 2.42. The summed E-state index contributed by atoms with van der Waals surface area (Å²) in [5.41, 5.74) is -0.704. The summed E-state index contributed by atoms with van der Waals surface area (Å²) in [6.07, 6.45) is -3.05. The van der Waals surface area contributed by atoms with Crippen molar-refractivity contribution in [2.75, 3.05) is 12.0 Å². The Hall–Kier alpha value is -1.71.